The van der Waals surface area contributed by atoms with Crippen molar-refractivity contribution in [2.24, 2.45) is 4.99 Å². The molecule has 18 heavy (non-hydrogen) atoms. The molecule has 3 rings (SSSR count). The Kier molecular flexibility index (Phi) is 2.85. The number of halogens is 1. The van der Waals surface area contributed by atoms with E-state index in [9.17, 15) is 4.39 Å². The first-order valence-electron chi connectivity index (χ1n) is 6.15. The minimum atomic E-state index is -0.207. The van der Waals surface area contributed by atoms with Gasteiger partial charge in [0.15, 0.2) is 0 Å². The molecule has 1 aromatic rings. The Morgan fingerprint density at radius 3 is 2.83 bits per heavy atom. The zero-order valence-corrected chi connectivity index (χ0v) is 9.96. The number of aromatic nitrogens is 1. The lowest BCUT2D eigenvalue weighted by molar-refractivity contribution is 0.643. The molecule has 1 aliphatic carbocycles. The van der Waals surface area contributed by atoms with Gasteiger partial charge in [-0.2, -0.15) is 0 Å². The molecule has 0 fully saturated rings. The van der Waals surface area contributed by atoms with Gasteiger partial charge in [0, 0.05) is 11.8 Å². The summed E-state index contributed by atoms with van der Waals surface area (Å²) in [4.78, 5) is 7.52. The van der Waals surface area contributed by atoms with E-state index >= 15 is 0 Å². The first-order valence-corrected chi connectivity index (χ1v) is 6.15. The molecule has 0 saturated heterocycles. The van der Waals surface area contributed by atoms with Crippen LogP contribution in [0.4, 0.5) is 4.39 Å². The van der Waals surface area contributed by atoms with E-state index in [0.29, 0.717) is 5.57 Å². The van der Waals surface area contributed by atoms with E-state index in [1.807, 2.05) is 12.1 Å². The molecule has 0 unspecified atom stereocenters. The van der Waals surface area contributed by atoms with E-state index in [1.165, 1.54) is 0 Å². The molecule has 2 heterocycles. The van der Waals surface area contributed by atoms with Gasteiger partial charge in [-0.05, 0) is 37.3 Å². The van der Waals surface area contributed by atoms with Gasteiger partial charge in [0.1, 0.15) is 11.3 Å². The zero-order chi connectivity index (χ0) is 12.4. The van der Waals surface area contributed by atoms with E-state index in [4.69, 9.17) is 0 Å². The molecular weight excluding hydrogens is 227 g/mol. The van der Waals surface area contributed by atoms with Gasteiger partial charge < -0.3 is 4.98 Å². The Bertz CT molecular complexity index is 674. The third kappa shape index (κ3) is 2.14. The number of aromatic amines is 1. The highest BCUT2D eigenvalue weighted by molar-refractivity contribution is 5.47. The quantitative estimate of drug-likeness (QED) is 0.669. The van der Waals surface area contributed by atoms with E-state index in [2.05, 4.69) is 27.9 Å². The minimum Gasteiger partial charge on any atom is -0.333 e. The van der Waals surface area contributed by atoms with E-state index in [0.717, 1.165) is 42.2 Å². The molecule has 0 spiro atoms. The average molecular weight is 240 g/mol. The number of rotatable bonds is 0. The normalized spacial score (nSPS) is 17.4. The summed E-state index contributed by atoms with van der Waals surface area (Å²) in [6, 6.07) is 1.97. The molecule has 2 nitrogen and oxygen atoms in total. The van der Waals surface area contributed by atoms with Crippen LogP contribution in [0.5, 0.6) is 0 Å². The minimum absolute atomic E-state index is 0.207. The number of nitrogens with one attached hydrogen (secondary N) is 1. The number of fused-ring (bicyclic) bond motifs is 1. The van der Waals surface area contributed by atoms with Crippen LogP contribution in [0.1, 0.15) is 25.0 Å². The van der Waals surface area contributed by atoms with Gasteiger partial charge in [-0.25, -0.2) is 4.39 Å². The highest BCUT2D eigenvalue weighted by Gasteiger charge is 2.05. The van der Waals surface area contributed by atoms with Crippen LogP contribution in [-0.4, -0.2) is 11.5 Å². The molecule has 0 atom stereocenters. The predicted octanol–water partition coefficient (Wildman–Crippen LogP) is 1.74. The van der Waals surface area contributed by atoms with Crippen molar-refractivity contribution in [1.82, 2.24) is 4.98 Å². The summed E-state index contributed by atoms with van der Waals surface area (Å²) in [6.07, 6.45) is 8.18. The van der Waals surface area contributed by atoms with Gasteiger partial charge in [-0.1, -0.05) is 18.1 Å². The summed E-state index contributed by atoms with van der Waals surface area (Å²) in [7, 11) is 0. The van der Waals surface area contributed by atoms with Gasteiger partial charge in [-0.15, -0.1) is 0 Å². The van der Waals surface area contributed by atoms with Crippen LogP contribution in [0.25, 0.3) is 6.08 Å². The largest absolute Gasteiger partial charge is 0.333 e. The lowest BCUT2D eigenvalue weighted by Gasteiger charge is -2.01. The molecule has 1 aliphatic heterocycles. The van der Waals surface area contributed by atoms with Crippen molar-refractivity contribution in [3.05, 3.63) is 46.0 Å². The molecule has 0 radical (unpaired) electrons. The van der Waals surface area contributed by atoms with Crippen LogP contribution >= 0.6 is 0 Å². The van der Waals surface area contributed by atoms with Crippen LogP contribution in [0.3, 0.4) is 0 Å². The van der Waals surface area contributed by atoms with Gasteiger partial charge in [0.05, 0.1) is 11.3 Å². The van der Waals surface area contributed by atoms with Crippen molar-refractivity contribution in [2.75, 3.05) is 6.54 Å². The monoisotopic (exact) mass is 240 g/mol. The molecule has 2 aliphatic rings. The van der Waals surface area contributed by atoms with E-state index in [1.54, 1.807) is 6.08 Å². The van der Waals surface area contributed by atoms with Gasteiger partial charge in [0.25, 0.3) is 0 Å². The number of hydrogen-bond acceptors (Lipinski definition) is 1. The fourth-order valence-corrected chi connectivity index (χ4v) is 2.10. The first-order chi connectivity index (χ1) is 8.83. The van der Waals surface area contributed by atoms with Crippen LogP contribution in [0.15, 0.2) is 34.6 Å². The summed E-state index contributed by atoms with van der Waals surface area (Å²) in [6.45, 7) is 0.822. The van der Waals surface area contributed by atoms with Crippen molar-refractivity contribution in [2.45, 2.75) is 19.3 Å². The van der Waals surface area contributed by atoms with E-state index in [-0.39, 0.29) is 5.83 Å². The van der Waals surface area contributed by atoms with Crippen molar-refractivity contribution in [3.8, 4) is 11.8 Å². The van der Waals surface area contributed by atoms with E-state index < -0.39 is 0 Å². The van der Waals surface area contributed by atoms with Crippen LogP contribution in [0, 0.1) is 11.8 Å². The maximum absolute atomic E-state index is 13.4. The zero-order valence-electron chi connectivity index (χ0n) is 9.96. The van der Waals surface area contributed by atoms with Crippen LogP contribution < -0.4 is 10.7 Å². The Morgan fingerprint density at radius 2 is 2.00 bits per heavy atom. The molecule has 1 N–H and O–H groups in total. The molecular formula is C15H13FN2. The van der Waals surface area contributed by atoms with Crippen molar-refractivity contribution in [3.63, 3.8) is 0 Å². The fourth-order valence-electron chi connectivity index (χ4n) is 2.10. The Labute approximate surface area is 105 Å². The first kappa shape index (κ1) is 11.0. The molecule has 3 heteroatoms. The molecule has 90 valence electrons. The third-order valence-electron chi connectivity index (χ3n) is 3.02. The summed E-state index contributed by atoms with van der Waals surface area (Å²) < 4.78 is 13.4. The smallest absolute Gasteiger partial charge is 0.134 e. The Morgan fingerprint density at radius 1 is 1.11 bits per heavy atom. The lowest BCUT2D eigenvalue weighted by Crippen LogP contribution is -2.25. The predicted molar refractivity (Wildman–Crippen MR) is 68.9 cm³/mol. The highest BCUT2D eigenvalue weighted by Crippen LogP contribution is 2.18. The summed E-state index contributed by atoms with van der Waals surface area (Å²) in [5, 5.41) is 1.10. The topological polar surface area (TPSA) is 28.1 Å². The average Bonchev–Trinajstić information content (AvgIpc) is 2.80. The third-order valence-corrected chi connectivity index (χ3v) is 3.02. The van der Waals surface area contributed by atoms with Crippen molar-refractivity contribution >= 4 is 6.08 Å². The number of hydrogen-bond donors (Lipinski definition) is 1. The van der Waals surface area contributed by atoms with Crippen molar-refractivity contribution in [1.29, 1.82) is 0 Å². The maximum atomic E-state index is 13.4. The van der Waals surface area contributed by atoms with Gasteiger partial charge in [-0.3, -0.25) is 4.99 Å². The second-order valence-electron chi connectivity index (χ2n) is 4.36. The summed E-state index contributed by atoms with van der Waals surface area (Å²) in [5.41, 5.74) is 2.18. The molecule has 0 aromatic carbocycles. The maximum Gasteiger partial charge on any atom is 0.134 e. The SMILES string of the molecule is FC1=CCCC=C1C#Cc1cc2c([nH]1)=NCCC=2. The number of nitrogens with zero attached hydrogens (tertiary/aromatic N) is 1. The molecule has 0 amide bonds. The highest BCUT2D eigenvalue weighted by atomic mass is 19.1. The number of allylic oxidation sites excluding steroid dienone is 4. The van der Waals surface area contributed by atoms with Gasteiger partial charge in [0.2, 0.25) is 0 Å². The summed E-state index contributed by atoms with van der Waals surface area (Å²) in [5.74, 6) is 5.64. The number of H-pyrrole nitrogens is 1. The molecule has 0 bridgehead atoms. The second kappa shape index (κ2) is 4.66. The summed E-state index contributed by atoms with van der Waals surface area (Å²) >= 11 is 0. The standard InChI is InChI=1S/C15H13FN2/c16-14-6-2-1-4-11(14)7-8-13-10-12-5-3-9-17-15(12)18-13/h4-6,10H,1-3,9H2,(H,17,18). The van der Waals surface area contributed by atoms with Gasteiger partial charge >= 0.3 is 0 Å². The Balaban J connectivity index is 1.93. The fraction of sp³-hybridized carbons (Fsp3) is 0.267. The molecule has 0 saturated carbocycles. The van der Waals surface area contributed by atoms with Crippen molar-refractivity contribution < 1.29 is 4.39 Å². The lowest BCUT2D eigenvalue weighted by atomic mass is 10.1. The molecule has 1 aromatic heterocycles. The van der Waals surface area contributed by atoms with Crippen LogP contribution in [0.2, 0.25) is 0 Å². The Hall–Kier alpha value is -2.08. The second-order valence-corrected chi connectivity index (χ2v) is 4.36. The van der Waals surface area contributed by atoms with Crippen LogP contribution in [-0.2, 0) is 0 Å².